The molecule has 2 aromatic rings. The number of aromatic amines is 2. The van der Waals surface area contributed by atoms with E-state index in [-0.39, 0.29) is 5.56 Å². The largest absolute Gasteiger partial charge is 0.361 e. The van der Waals surface area contributed by atoms with Crippen molar-refractivity contribution < 1.29 is 0 Å². The third kappa shape index (κ3) is 1.14. The summed E-state index contributed by atoms with van der Waals surface area (Å²) in [5, 5.41) is 6.00. The van der Waals surface area contributed by atoms with Crippen LogP contribution < -0.4 is 5.56 Å². The van der Waals surface area contributed by atoms with E-state index in [4.69, 9.17) is 0 Å². The van der Waals surface area contributed by atoms with Crippen molar-refractivity contribution in [1.29, 1.82) is 0 Å². The van der Waals surface area contributed by atoms with Gasteiger partial charge in [0.1, 0.15) is 0 Å². The smallest absolute Gasteiger partial charge is 0.264 e. The predicted molar refractivity (Wildman–Crippen MR) is 44.6 cm³/mol. The monoisotopic (exact) mass is 161 g/mol. The summed E-state index contributed by atoms with van der Waals surface area (Å²) in [5.41, 5.74) is 1.50. The lowest BCUT2D eigenvalue weighted by molar-refractivity contribution is 0.989. The quantitative estimate of drug-likeness (QED) is 0.648. The van der Waals surface area contributed by atoms with Crippen molar-refractivity contribution in [1.82, 2.24) is 15.2 Å². The van der Waals surface area contributed by atoms with Gasteiger partial charge in [0.15, 0.2) is 0 Å². The van der Waals surface area contributed by atoms with Crippen LogP contribution in [0.4, 0.5) is 0 Å². The van der Waals surface area contributed by atoms with Crippen molar-refractivity contribution in [3.8, 4) is 11.3 Å². The van der Waals surface area contributed by atoms with Crippen molar-refractivity contribution in [2.45, 2.75) is 0 Å². The Morgan fingerprint density at radius 3 is 3.00 bits per heavy atom. The molecule has 0 aliphatic rings. The second kappa shape index (κ2) is 2.65. The maximum atomic E-state index is 10.9. The van der Waals surface area contributed by atoms with Crippen molar-refractivity contribution in [3.63, 3.8) is 0 Å². The van der Waals surface area contributed by atoms with Crippen LogP contribution in [-0.4, -0.2) is 15.2 Å². The van der Waals surface area contributed by atoms with Gasteiger partial charge in [-0.25, -0.2) is 5.10 Å². The standard InChI is InChI=1S/C8H7N3O/c12-8-4-6(5-10-11-8)7-2-1-3-9-7/h1-5,9H,(H,11,12). The summed E-state index contributed by atoms with van der Waals surface area (Å²) >= 11 is 0. The summed E-state index contributed by atoms with van der Waals surface area (Å²) in [5.74, 6) is 0. The lowest BCUT2D eigenvalue weighted by Crippen LogP contribution is -2.05. The van der Waals surface area contributed by atoms with Gasteiger partial charge in [-0.1, -0.05) is 0 Å². The molecule has 60 valence electrons. The van der Waals surface area contributed by atoms with Gasteiger partial charge in [0.05, 0.1) is 6.20 Å². The first-order valence-electron chi connectivity index (χ1n) is 3.55. The molecule has 0 saturated heterocycles. The Labute approximate surface area is 68.3 Å². The fourth-order valence-corrected chi connectivity index (χ4v) is 1.03. The predicted octanol–water partition coefficient (Wildman–Crippen LogP) is 0.765. The zero-order valence-corrected chi connectivity index (χ0v) is 6.24. The van der Waals surface area contributed by atoms with Crippen LogP contribution >= 0.6 is 0 Å². The number of nitrogens with one attached hydrogen (secondary N) is 2. The molecule has 12 heavy (non-hydrogen) atoms. The second-order valence-corrected chi connectivity index (χ2v) is 2.42. The molecule has 0 aliphatic carbocycles. The molecule has 0 bridgehead atoms. The fourth-order valence-electron chi connectivity index (χ4n) is 1.03. The van der Waals surface area contributed by atoms with Crippen LogP contribution in [0, 0.1) is 0 Å². The normalized spacial score (nSPS) is 10.0. The highest BCUT2D eigenvalue weighted by Crippen LogP contribution is 2.11. The topological polar surface area (TPSA) is 61.5 Å². The van der Waals surface area contributed by atoms with E-state index < -0.39 is 0 Å². The Morgan fingerprint density at radius 1 is 1.42 bits per heavy atom. The van der Waals surface area contributed by atoms with E-state index in [9.17, 15) is 4.79 Å². The molecule has 0 atom stereocenters. The molecular formula is C8H7N3O. The molecular weight excluding hydrogens is 154 g/mol. The molecule has 2 heterocycles. The minimum absolute atomic E-state index is 0.192. The SMILES string of the molecule is O=c1cc(-c2ccc[nH]2)cn[nH]1. The van der Waals surface area contributed by atoms with Crippen molar-refractivity contribution >= 4 is 0 Å². The highest BCUT2D eigenvalue weighted by atomic mass is 16.1. The number of H-pyrrole nitrogens is 2. The summed E-state index contributed by atoms with van der Waals surface area (Å²) in [6, 6.07) is 5.26. The van der Waals surface area contributed by atoms with E-state index >= 15 is 0 Å². The number of hydrogen-bond acceptors (Lipinski definition) is 2. The first-order chi connectivity index (χ1) is 5.86. The van der Waals surface area contributed by atoms with Crippen LogP contribution in [0.2, 0.25) is 0 Å². The van der Waals surface area contributed by atoms with Crippen molar-refractivity contribution in [2.24, 2.45) is 0 Å². The first-order valence-corrected chi connectivity index (χ1v) is 3.55. The molecule has 4 heteroatoms. The van der Waals surface area contributed by atoms with Crippen molar-refractivity contribution in [3.05, 3.63) is 40.9 Å². The van der Waals surface area contributed by atoms with Gasteiger partial charge in [-0.05, 0) is 12.1 Å². The maximum Gasteiger partial charge on any atom is 0.264 e. The Bertz CT molecular complexity index is 416. The van der Waals surface area contributed by atoms with Crippen LogP contribution in [0.25, 0.3) is 11.3 Å². The summed E-state index contributed by atoms with van der Waals surface area (Å²) < 4.78 is 0. The molecule has 0 radical (unpaired) electrons. The molecule has 0 unspecified atom stereocenters. The molecule has 4 nitrogen and oxygen atoms in total. The van der Waals surface area contributed by atoms with E-state index in [0.29, 0.717) is 0 Å². The molecule has 2 N–H and O–H groups in total. The lowest BCUT2D eigenvalue weighted by atomic mass is 10.2. The Balaban J connectivity index is 2.55. The number of nitrogens with zero attached hydrogens (tertiary/aromatic N) is 1. The summed E-state index contributed by atoms with van der Waals surface area (Å²) in [6.07, 6.45) is 3.41. The Kier molecular flexibility index (Phi) is 1.51. The average molecular weight is 161 g/mol. The van der Waals surface area contributed by atoms with E-state index in [0.717, 1.165) is 11.3 Å². The van der Waals surface area contributed by atoms with Crippen LogP contribution in [0.15, 0.2) is 35.4 Å². The van der Waals surface area contributed by atoms with Crippen molar-refractivity contribution in [2.75, 3.05) is 0 Å². The number of rotatable bonds is 1. The van der Waals surface area contributed by atoms with Crippen LogP contribution in [0.5, 0.6) is 0 Å². The molecule has 0 amide bonds. The van der Waals surface area contributed by atoms with E-state index in [1.165, 1.54) is 6.07 Å². The van der Waals surface area contributed by atoms with Gasteiger partial charge >= 0.3 is 0 Å². The van der Waals surface area contributed by atoms with Gasteiger partial charge < -0.3 is 4.98 Å². The third-order valence-corrected chi connectivity index (χ3v) is 1.57. The summed E-state index contributed by atoms with van der Waals surface area (Å²) in [4.78, 5) is 13.8. The van der Waals surface area contributed by atoms with Crippen LogP contribution in [0.3, 0.4) is 0 Å². The minimum atomic E-state index is -0.192. The van der Waals surface area contributed by atoms with Gasteiger partial charge in [-0.3, -0.25) is 4.79 Å². The van der Waals surface area contributed by atoms with Gasteiger partial charge in [0.25, 0.3) is 5.56 Å². The first kappa shape index (κ1) is 6.84. The Hall–Kier alpha value is -1.84. The van der Waals surface area contributed by atoms with Crippen LogP contribution in [-0.2, 0) is 0 Å². The Morgan fingerprint density at radius 2 is 2.33 bits per heavy atom. The molecule has 0 saturated carbocycles. The van der Waals surface area contributed by atoms with Crippen LogP contribution in [0.1, 0.15) is 0 Å². The third-order valence-electron chi connectivity index (χ3n) is 1.57. The zero-order chi connectivity index (χ0) is 8.39. The number of hydrogen-bond donors (Lipinski definition) is 2. The zero-order valence-electron chi connectivity index (χ0n) is 6.24. The molecule has 0 aliphatic heterocycles. The lowest BCUT2D eigenvalue weighted by Gasteiger charge is -1.93. The van der Waals surface area contributed by atoms with Gasteiger partial charge in [0, 0.05) is 23.5 Å². The minimum Gasteiger partial charge on any atom is -0.361 e. The van der Waals surface area contributed by atoms with E-state index in [2.05, 4.69) is 15.2 Å². The highest BCUT2D eigenvalue weighted by Gasteiger charge is 1.97. The average Bonchev–Trinajstić information content (AvgIpc) is 2.56. The second-order valence-electron chi connectivity index (χ2n) is 2.42. The van der Waals surface area contributed by atoms with Gasteiger partial charge in [-0.2, -0.15) is 5.10 Å². The molecule has 0 aromatic carbocycles. The molecule has 2 aromatic heterocycles. The maximum absolute atomic E-state index is 10.9. The molecule has 2 rings (SSSR count). The highest BCUT2D eigenvalue weighted by molar-refractivity contribution is 5.56. The molecule has 0 spiro atoms. The summed E-state index contributed by atoms with van der Waals surface area (Å²) in [6.45, 7) is 0. The van der Waals surface area contributed by atoms with E-state index in [1.54, 1.807) is 12.4 Å². The number of aromatic nitrogens is 3. The summed E-state index contributed by atoms with van der Waals surface area (Å²) in [7, 11) is 0. The fraction of sp³-hybridized carbons (Fsp3) is 0. The van der Waals surface area contributed by atoms with E-state index in [1.807, 2.05) is 12.1 Å². The molecule has 0 fully saturated rings. The van der Waals surface area contributed by atoms with Gasteiger partial charge in [-0.15, -0.1) is 0 Å². The van der Waals surface area contributed by atoms with Gasteiger partial charge in [0.2, 0.25) is 0 Å².